The van der Waals surface area contributed by atoms with Crippen molar-refractivity contribution in [2.75, 3.05) is 20.5 Å². The summed E-state index contributed by atoms with van der Waals surface area (Å²) in [5, 5.41) is 2.97. The molecule has 1 aromatic carbocycles. The predicted molar refractivity (Wildman–Crippen MR) is 110 cm³/mol. The van der Waals surface area contributed by atoms with Crippen LogP contribution in [-0.2, 0) is 14.3 Å². The molecule has 0 aromatic heterocycles. The molecule has 0 radical (unpaired) electrons. The van der Waals surface area contributed by atoms with E-state index in [1.54, 1.807) is 26.4 Å². The molecule has 27 heavy (non-hydrogen) atoms. The molecule has 0 fully saturated rings. The number of carbonyl (C=O) groups is 1. The third kappa shape index (κ3) is 5.50. The summed E-state index contributed by atoms with van der Waals surface area (Å²) >= 11 is 1.40. The van der Waals surface area contributed by atoms with Gasteiger partial charge in [0.2, 0.25) is 5.91 Å². The van der Waals surface area contributed by atoms with E-state index < -0.39 is 0 Å². The number of methoxy groups -OCH3 is 2. The van der Waals surface area contributed by atoms with Crippen molar-refractivity contribution in [2.24, 2.45) is 0 Å². The van der Waals surface area contributed by atoms with Gasteiger partial charge in [-0.15, -0.1) is 11.8 Å². The van der Waals surface area contributed by atoms with Gasteiger partial charge in [-0.3, -0.25) is 9.59 Å². The van der Waals surface area contributed by atoms with Gasteiger partial charge in [-0.05, 0) is 54.5 Å². The highest BCUT2D eigenvalue weighted by Crippen LogP contribution is 2.26. The first-order chi connectivity index (χ1) is 13.0. The van der Waals surface area contributed by atoms with Gasteiger partial charge in [-0.1, -0.05) is 18.2 Å². The zero-order chi connectivity index (χ0) is 19.8. The Kier molecular flexibility index (Phi) is 7.73. The van der Waals surface area contributed by atoms with Gasteiger partial charge in [-0.25, -0.2) is 0 Å². The number of carbonyl (C=O) groups excluding carboxylic acids is 1. The van der Waals surface area contributed by atoms with Gasteiger partial charge in [-0.2, -0.15) is 0 Å². The maximum Gasteiger partial charge on any atom is 0.217 e. The third-order valence-corrected chi connectivity index (χ3v) is 5.02. The molecule has 6 heteroatoms. The summed E-state index contributed by atoms with van der Waals surface area (Å²) in [5.74, 6) is 1.06. The van der Waals surface area contributed by atoms with Crippen LogP contribution in [0.5, 0.6) is 0 Å². The molecule has 1 aromatic rings. The molecule has 1 amide bonds. The Hall–Kier alpha value is -2.47. The first kappa shape index (κ1) is 20.8. The summed E-state index contributed by atoms with van der Waals surface area (Å²) < 4.78 is 10.9. The zero-order valence-electron chi connectivity index (χ0n) is 16.1. The minimum atomic E-state index is -0.267. The van der Waals surface area contributed by atoms with Crippen LogP contribution in [0.2, 0.25) is 0 Å². The van der Waals surface area contributed by atoms with Gasteiger partial charge in [0, 0.05) is 6.92 Å². The summed E-state index contributed by atoms with van der Waals surface area (Å²) in [6.07, 6.45) is 10.8. The van der Waals surface area contributed by atoms with Gasteiger partial charge in [0.15, 0.2) is 16.9 Å². The quantitative estimate of drug-likeness (QED) is 0.796. The molecule has 5 nitrogen and oxygen atoms in total. The molecule has 1 N–H and O–H groups in total. The Morgan fingerprint density at radius 1 is 1.15 bits per heavy atom. The fourth-order valence-electron chi connectivity index (χ4n) is 2.93. The lowest BCUT2D eigenvalue weighted by Crippen LogP contribution is -2.26. The summed E-state index contributed by atoms with van der Waals surface area (Å²) in [6, 6.07) is 5.07. The van der Waals surface area contributed by atoms with Crippen molar-refractivity contribution in [3.05, 3.63) is 69.3 Å². The molecule has 0 saturated heterocycles. The molecule has 0 unspecified atom stereocenters. The topological polar surface area (TPSA) is 64.6 Å². The van der Waals surface area contributed by atoms with Crippen molar-refractivity contribution in [3.8, 4) is 0 Å². The number of rotatable bonds is 4. The van der Waals surface area contributed by atoms with E-state index in [1.807, 2.05) is 36.6 Å². The van der Waals surface area contributed by atoms with Crippen LogP contribution in [-0.4, -0.2) is 26.4 Å². The van der Waals surface area contributed by atoms with E-state index in [1.165, 1.54) is 18.7 Å². The molecule has 1 aliphatic rings. The van der Waals surface area contributed by atoms with Crippen LogP contribution in [0, 0.1) is 0 Å². The highest BCUT2D eigenvalue weighted by atomic mass is 32.2. The Labute approximate surface area is 164 Å². The van der Waals surface area contributed by atoms with E-state index in [0.717, 1.165) is 11.1 Å². The second kappa shape index (κ2) is 10.0. The number of hydrogen-bond acceptors (Lipinski definition) is 5. The van der Waals surface area contributed by atoms with Crippen LogP contribution in [0.4, 0.5) is 0 Å². The van der Waals surface area contributed by atoms with Crippen molar-refractivity contribution in [1.82, 2.24) is 5.32 Å². The molecular weight excluding hydrogens is 362 g/mol. The van der Waals surface area contributed by atoms with E-state index in [0.29, 0.717) is 29.3 Å². The van der Waals surface area contributed by atoms with Crippen molar-refractivity contribution in [1.29, 1.82) is 0 Å². The van der Waals surface area contributed by atoms with E-state index in [4.69, 9.17) is 9.47 Å². The summed E-state index contributed by atoms with van der Waals surface area (Å²) in [7, 11) is 3.18. The fraction of sp³-hybridized carbons (Fsp3) is 0.333. The second-order valence-corrected chi connectivity index (χ2v) is 6.87. The molecule has 0 aliphatic heterocycles. The lowest BCUT2D eigenvalue weighted by Gasteiger charge is -2.18. The molecule has 1 aliphatic carbocycles. The summed E-state index contributed by atoms with van der Waals surface area (Å²) in [6.45, 7) is 1.48. The molecular formula is C21H25NO4S. The van der Waals surface area contributed by atoms with Crippen molar-refractivity contribution in [2.45, 2.75) is 30.7 Å². The monoisotopic (exact) mass is 387 g/mol. The van der Waals surface area contributed by atoms with Gasteiger partial charge in [0.25, 0.3) is 0 Å². The molecule has 0 saturated carbocycles. The molecule has 0 spiro atoms. The van der Waals surface area contributed by atoms with E-state index in [2.05, 4.69) is 5.32 Å². The highest BCUT2D eigenvalue weighted by molar-refractivity contribution is 7.98. The average molecular weight is 388 g/mol. The van der Waals surface area contributed by atoms with Crippen LogP contribution in [0.3, 0.4) is 0 Å². The van der Waals surface area contributed by atoms with Crippen LogP contribution < -0.4 is 10.7 Å². The van der Waals surface area contributed by atoms with E-state index in [-0.39, 0.29) is 17.4 Å². The normalized spacial score (nSPS) is 18.1. The van der Waals surface area contributed by atoms with Crippen LogP contribution in [0.15, 0.2) is 57.6 Å². The largest absolute Gasteiger partial charge is 0.493 e. The predicted octanol–water partition coefficient (Wildman–Crippen LogP) is 3.81. The number of hydrogen-bond donors (Lipinski definition) is 1. The van der Waals surface area contributed by atoms with Gasteiger partial charge in [0.1, 0.15) is 0 Å². The van der Waals surface area contributed by atoms with Crippen molar-refractivity contribution >= 4 is 23.7 Å². The Morgan fingerprint density at radius 2 is 1.85 bits per heavy atom. The SMILES string of the molecule is COC1=C(OC)/C=C/c2ccc(SC)c(=O)cc2[C@@H](NC(C)=O)CCC=C1. The number of nitrogens with one attached hydrogen (secondary N) is 1. The Morgan fingerprint density at radius 3 is 2.48 bits per heavy atom. The lowest BCUT2D eigenvalue weighted by molar-refractivity contribution is -0.119. The van der Waals surface area contributed by atoms with Crippen molar-refractivity contribution in [3.63, 3.8) is 0 Å². The number of ether oxygens (including phenoxy) is 2. The number of amides is 1. The van der Waals surface area contributed by atoms with Gasteiger partial charge < -0.3 is 14.8 Å². The highest BCUT2D eigenvalue weighted by Gasteiger charge is 2.17. The summed E-state index contributed by atoms with van der Waals surface area (Å²) in [4.78, 5) is 25.0. The number of thioether (sulfide) groups is 1. The number of allylic oxidation sites excluding steroid dienone is 3. The first-order valence-corrected chi connectivity index (χ1v) is 9.88. The minimum Gasteiger partial charge on any atom is -0.493 e. The van der Waals surface area contributed by atoms with Gasteiger partial charge in [0.05, 0.1) is 25.2 Å². The fourth-order valence-corrected chi connectivity index (χ4v) is 3.40. The smallest absolute Gasteiger partial charge is 0.217 e. The Bertz CT molecular complexity index is 842. The number of fused-ring (bicyclic) bond motifs is 1. The van der Waals surface area contributed by atoms with Crippen LogP contribution in [0.25, 0.3) is 6.08 Å². The van der Waals surface area contributed by atoms with Crippen LogP contribution in [0.1, 0.15) is 36.9 Å². The standard InChI is InChI=1S/C21H25NO4S/c1-14(23)22-17-7-5-6-8-19(25-2)20(26-3)11-9-15-10-12-21(27-4)18(24)13-16(15)17/h6,8-13,17H,5,7H2,1-4H3,(H,22,23)/b8-6?,11-9+,20-19?/t17-/m0/s1. The maximum absolute atomic E-state index is 12.6. The molecule has 144 valence electrons. The first-order valence-electron chi connectivity index (χ1n) is 8.66. The van der Waals surface area contributed by atoms with Crippen LogP contribution >= 0.6 is 11.8 Å². The average Bonchev–Trinajstić information content (AvgIpc) is 2.81. The molecule has 1 atom stereocenters. The maximum atomic E-state index is 12.6. The lowest BCUT2D eigenvalue weighted by atomic mass is 9.98. The van der Waals surface area contributed by atoms with E-state index in [9.17, 15) is 9.59 Å². The van der Waals surface area contributed by atoms with Crippen molar-refractivity contribution < 1.29 is 14.3 Å². The van der Waals surface area contributed by atoms with Gasteiger partial charge >= 0.3 is 0 Å². The molecule has 0 bridgehead atoms. The molecule has 2 rings (SSSR count). The minimum absolute atomic E-state index is 0.0574. The van der Waals surface area contributed by atoms with E-state index >= 15 is 0 Å². The zero-order valence-corrected chi connectivity index (χ0v) is 16.9. The molecule has 0 heterocycles. The third-order valence-electron chi connectivity index (χ3n) is 4.24. The Balaban J connectivity index is 2.70. The second-order valence-electron chi connectivity index (χ2n) is 6.02. The summed E-state index contributed by atoms with van der Waals surface area (Å²) in [5.41, 5.74) is 1.58.